The fourth-order valence-corrected chi connectivity index (χ4v) is 6.24. The SMILES string of the molecule is CCCCCCCCCCCCCCCCCc1[c]c(CCCCCCCCCCCCCCCCC)ccc1. The summed E-state index contributed by atoms with van der Waals surface area (Å²) in [5.41, 5.74) is 2.90. The molecule has 0 N–H and O–H groups in total. The van der Waals surface area contributed by atoms with Crippen molar-refractivity contribution in [3.05, 3.63) is 35.4 Å². The van der Waals surface area contributed by atoms with Crippen molar-refractivity contribution >= 4 is 0 Å². The number of rotatable bonds is 32. The molecule has 0 aliphatic carbocycles. The maximum atomic E-state index is 3.74. The van der Waals surface area contributed by atoms with Gasteiger partial charge in [-0.15, -0.1) is 0 Å². The van der Waals surface area contributed by atoms with Gasteiger partial charge in [-0.3, -0.25) is 0 Å². The topological polar surface area (TPSA) is 0 Å². The molecule has 0 heterocycles. The molecule has 0 heteroatoms. The van der Waals surface area contributed by atoms with E-state index in [1.807, 2.05) is 0 Å². The normalized spacial score (nSPS) is 11.4. The van der Waals surface area contributed by atoms with Gasteiger partial charge in [0.05, 0.1) is 0 Å². The van der Waals surface area contributed by atoms with Crippen LogP contribution < -0.4 is 0 Å². The minimum Gasteiger partial charge on any atom is -0.0654 e. The Kier molecular flexibility index (Phi) is 29.0. The van der Waals surface area contributed by atoms with Crippen molar-refractivity contribution in [1.29, 1.82) is 0 Å². The van der Waals surface area contributed by atoms with Crippen molar-refractivity contribution in [2.24, 2.45) is 0 Å². The van der Waals surface area contributed by atoms with Crippen molar-refractivity contribution in [2.45, 2.75) is 219 Å². The average molecular weight is 554 g/mol. The van der Waals surface area contributed by atoms with Crippen LogP contribution in [0.4, 0.5) is 0 Å². The second kappa shape index (κ2) is 31.2. The fourth-order valence-electron chi connectivity index (χ4n) is 6.24. The number of benzene rings is 1. The molecule has 0 saturated carbocycles. The van der Waals surface area contributed by atoms with E-state index in [9.17, 15) is 0 Å². The molecule has 0 fully saturated rings. The van der Waals surface area contributed by atoms with Gasteiger partial charge in [-0.1, -0.05) is 212 Å². The van der Waals surface area contributed by atoms with E-state index in [1.165, 1.54) is 217 Å². The van der Waals surface area contributed by atoms with Gasteiger partial charge in [0.2, 0.25) is 0 Å². The van der Waals surface area contributed by atoms with E-state index >= 15 is 0 Å². The van der Waals surface area contributed by atoms with Crippen molar-refractivity contribution in [3.63, 3.8) is 0 Å². The zero-order chi connectivity index (χ0) is 28.6. The first kappa shape index (κ1) is 37.2. The molecule has 0 saturated heterocycles. The van der Waals surface area contributed by atoms with Crippen LogP contribution in [0.5, 0.6) is 0 Å². The molecular formula is C40H73. The highest BCUT2D eigenvalue weighted by atomic mass is 14.1. The van der Waals surface area contributed by atoms with Crippen LogP contribution in [0.25, 0.3) is 0 Å². The molecule has 0 atom stereocenters. The van der Waals surface area contributed by atoms with Gasteiger partial charge >= 0.3 is 0 Å². The van der Waals surface area contributed by atoms with Crippen molar-refractivity contribution in [2.75, 3.05) is 0 Å². The summed E-state index contributed by atoms with van der Waals surface area (Å²) in [5.74, 6) is 0. The Morgan fingerprint density at radius 1 is 0.325 bits per heavy atom. The van der Waals surface area contributed by atoms with Crippen LogP contribution in [0.2, 0.25) is 0 Å². The lowest BCUT2D eigenvalue weighted by Crippen LogP contribution is -1.92. The van der Waals surface area contributed by atoms with E-state index in [2.05, 4.69) is 38.1 Å². The second-order valence-electron chi connectivity index (χ2n) is 13.1. The smallest absolute Gasteiger partial charge is 0.0114 e. The van der Waals surface area contributed by atoms with Gasteiger partial charge in [-0.25, -0.2) is 0 Å². The van der Waals surface area contributed by atoms with Gasteiger partial charge in [0.25, 0.3) is 0 Å². The van der Waals surface area contributed by atoms with Crippen LogP contribution >= 0.6 is 0 Å². The van der Waals surface area contributed by atoms with Gasteiger partial charge in [-0.05, 0) is 42.9 Å². The summed E-state index contributed by atoms with van der Waals surface area (Å²) < 4.78 is 0. The summed E-state index contributed by atoms with van der Waals surface area (Å²) in [6.07, 6.45) is 45.7. The van der Waals surface area contributed by atoms with Crippen LogP contribution in [0.15, 0.2) is 18.2 Å². The Labute approximate surface area is 254 Å². The number of hydrogen-bond donors (Lipinski definition) is 0. The summed E-state index contributed by atoms with van der Waals surface area (Å²) in [4.78, 5) is 0. The lowest BCUT2D eigenvalue weighted by molar-refractivity contribution is 0.532. The number of hydrogen-bond acceptors (Lipinski definition) is 0. The molecule has 0 bridgehead atoms. The zero-order valence-corrected chi connectivity index (χ0v) is 27.9. The van der Waals surface area contributed by atoms with E-state index in [1.54, 1.807) is 0 Å². The van der Waals surface area contributed by atoms with Crippen molar-refractivity contribution in [1.82, 2.24) is 0 Å². The molecule has 0 aliphatic rings. The Bertz CT molecular complexity index is 553. The zero-order valence-electron chi connectivity index (χ0n) is 27.9. The minimum atomic E-state index is 1.23. The van der Waals surface area contributed by atoms with E-state index < -0.39 is 0 Å². The number of unbranched alkanes of at least 4 members (excludes halogenated alkanes) is 28. The van der Waals surface area contributed by atoms with Gasteiger partial charge in [-0.2, -0.15) is 0 Å². The Morgan fingerprint density at radius 3 is 0.800 bits per heavy atom. The molecule has 0 nitrogen and oxygen atoms in total. The predicted molar refractivity (Wildman–Crippen MR) is 183 cm³/mol. The van der Waals surface area contributed by atoms with E-state index in [0.717, 1.165) is 0 Å². The largest absolute Gasteiger partial charge is 0.0654 e. The van der Waals surface area contributed by atoms with Crippen LogP contribution in [0.1, 0.15) is 218 Å². The van der Waals surface area contributed by atoms with Gasteiger partial charge in [0.15, 0.2) is 0 Å². The standard InChI is InChI=1S/C40H73/c1-3-5-7-9-11-13-15-17-19-21-23-25-27-29-31-34-39-36-33-37-40(38-39)35-32-30-28-26-24-22-20-18-16-14-12-10-8-6-4-2/h33,36-37H,3-32,34-35H2,1-2H3. The highest BCUT2D eigenvalue weighted by molar-refractivity contribution is 5.22. The molecule has 0 aliphatic heterocycles. The van der Waals surface area contributed by atoms with E-state index in [-0.39, 0.29) is 0 Å². The van der Waals surface area contributed by atoms with Gasteiger partial charge in [0, 0.05) is 0 Å². The lowest BCUT2D eigenvalue weighted by Gasteiger charge is -2.06. The third-order valence-electron chi connectivity index (χ3n) is 9.02. The summed E-state index contributed by atoms with van der Waals surface area (Å²) in [6, 6.07) is 10.6. The molecule has 0 unspecified atom stereocenters. The molecule has 233 valence electrons. The summed E-state index contributed by atoms with van der Waals surface area (Å²) in [7, 11) is 0. The highest BCUT2D eigenvalue weighted by Gasteiger charge is 2.00. The summed E-state index contributed by atoms with van der Waals surface area (Å²) >= 11 is 0. The van der Waals surface area contributed by atoms with Gasteiger partial charge in [0.1, 0.15) is 0 Å². The molecule has 1 radical (unpaired) electrons. The molecule has 1 aromatic rings. The van der Waals surface area contributed by atoms with Gasteiger partial charge < -0.3 is 0 Å². The van der Waals surface area contributed by atoms with E-state index in [4.69, 9.17) is 0 Å². The first-order chi connectivity index (χ1) is 19.9. The number of aryl methyl sites for hydroxylation is 2. The molecule has 40 heavy (non-hydrogen) atoms. The molecule has 0 aromatic heterocycles. The predicted octanol–water partition coefficient (Wildman–Crippen LogP) is 14.3. The lowest BCUT2D eigenvalue weighted by atomic mass is 9.99. The van der Waals surface area contributed by atoms with E-state index in [0.29, 0.717) is 0 Å². The molecule has 0 amide bonds. The molecule has 1 aromatic carbocycles. The van der Waals surface area contributed by atoms with Crippen molar-refractivity contribution < 1.29 is 0 Å². The maximum absolute atomic E-state index is 3.74. The van der Waals surface area contributed by atoms with Crippen molar-refractivity contribution in [3.8, 4) is 0 Å². The Morgan fingerprint density at radius 2 is 0.550 bits per heavy atom. The summed E-state index contributed by atoms with van der Waals surface area (Å²) in [6.45, 7) is 4.61. The van der Waals surface area contributed by atoms with Crippen LogP contribution in [-0.2, 0) is 12.8 Å². The minimum absolute atomic E-state index is 1.23. The Balaban J connectivity index is 1.86. The molecule has 1 rings (SSSR count). The third-order valence-corrected chi connectivity index (χ3v) is 9.02. The maximum Gasteiger partial charge on any atom is -0.0114 e. The second-order valence-corrected chi connectivity index (χ2v) is 13.1. The third kappa shape index (κ3) is 26.1. The monoisotopic (exact) mass is 554 g/mol. The quantitative estimate of drug-likeness (QED) is 0.0778. The molecule has 0 spiro atoms. The van der Waals surface area contributed by atoms with Crippen LogP contribution in [-0.4, -0.2) is 0 Å². The van der Waals surface area contributed by atoms with Crippen LogP contribution in [0.3, 0.4) is 0 Å². The highest BCUT2D eigenvalue weighted by Crippen LogP contribution is 2.17. The van der Waals surface area contributed by atoms with Crippen LogP contribution in [0, 0.1) is 6.07 Å². The summed E-state index contributed by atoms with van der Waals surface area (Å²) in [5, 5.41) is 0. The fraction of sp³-hybridized carbons (Fsp3) is 0.850. The Hall–Kier alpha value is -0.780. The first-order valence-corrected chi connectivity index (χ1v) is 18.9. The molecular weight excluding hydrogens is 480 g/mol. The average Bonchev–Trinajstić information content (AvgIpc) is 2.97. The first-order valence-electron chi connectivity index (χ1n) is 18.9.